The maximum Gasteiger partial charge on any atom is 0.408 e. The van der Waals surface area contributed by atoms with Gasteiger partial charge in [0.15, 0.2) is 0 Å². The van der Waals surface area contributed by atoms with Crippen molar-refractivity contribution >= 4 is 12.0 Å². The Bertz CT molecular complexity index is 734. The van der Waals surface area contributed by atoms with Crippen molar-refractivity contribution in [3.8, 4) is 0 Å². The van der Waals surface area contributed by atoms with Crippen LogP contribution in [0.15, 0.2) is 65.8 Å². The molecule has 3 rings (SSSR count). The van der Waals surface area contributed by atoms with E-state index in [4.69, 9.17) is 14.3 Å². The molecule has 6 nitrogen and oxygen atoms in total. The summed E-state index contributed by atoms with van der Waals surface area (Å²) in [6.07, 6.45) is 2.08. The summed E-state index contributed by atoms with van der Waals surface area (Å²) in [6.45, 7) is 1.13. The van der Waals surface area contributed by atoms with Gasteiger partial charge in [0, 0.05) is 0 Å². The Labute approximate surface area is 159 Å². The second-order valence-electron chi connectivity index (χ2n) is 6.29. The largest absolute Gasteiger partial charge is 0.477 e. The Balaban J connectivity index is 1.53. The van der Waals surface area contributed by atoms with E-state index in [0.29, 0.717) is 19.1 Å². The van der Waals surface area contributed by atoms with Crippen molar-refractivity contribution in [1.29, 1.82) is 0 Å². The number of ether oxygens (including phenoxy) is 2. The van der Waals surface area contributed by atoms with Crippen molar-refractivity contribution in [1.82, 2.24) is 5.32 Å². The highest BCUT2D eigenvalue weighted by molar-refractivity contribution is 5.85. The summed E-state index contributed by atoms with van der Waals surface area (Å²) in [4.78, 5) is 17.6. The molecule has 142 valence electrons. The van der Waals surface area contributed by atoms with Crippen LogP contribution < -0.4 is 5.32 Å². The maximum absolute atomic E-state index is 12.2. The van der Waals surface area contributed by atoms with Crippen molar-refractivity contribution < 1.29 is 19.1 Å². The van der Waals surface area contributed by atoms with Crippen molar-refractivity contribution in [2.24, 2.45) is 5.16 Å². The van der Waals surface area contributed by atoms with Gasteiger partial charge in [-0.3, -0.25) is 0 Å². The SMILES string of the molecule is O=C(N[C@H]1CCCCO/C1=N\OCc1ccccc1)OCc1ccccc1. The molecule has 6 heteroatoms. The Hall–Kier alpha value is -3.02. The van der Waals surface area contributed by atoms with Crippen molar-refractivity contribution in [3.63, 3.8) is 0 Å². The first-order chi connectivity index (χ1) is 13.3. The van der Waals surface area contributed by atoms with E-state index in [-0.39, 0.29) is 12.6 Å². The van der Waals surface area contributed by atoms with Gasteiger partial charge in [-0.05, 0) is 35.5 Å². The highest BCUT2D eigenvalue weighted by Crippen LogP contribution is 2.12. The van der Waals surface area contributed by atoms with E-state index in [0.717, 1.165) is 30.4 Å². The topological polar surface area (TPSA) is 69.2 Å². The van der Waals surface area contributed by atoms with Crippen LogP contribution in [0.3, 0.4) is 0 Å². The molecule has 0 aromatic heterocycles. The van der Waals surface area contributed by atoms with Gasteiger partial charge in [0.05, 0.1) is 6.61 Å². The fraction of sp³-hybridized carbons (Fsp3) is 0.333. The number of carbonyl (C=O) groups is 1. The van der Waals surface area contributed by atoms with Gasteiger partial charge in [0.2, 0.25) is 5.90 Å². The third-order valence-electron chi connectivity index (χ3n) is 4.17. The predicted octanol–water partition coefficient (Wildman–Crippen LogP) is 4.01. The number of alkyl carbamates (subject to hydrolysis) is 1. The summed E-state index contributed by atoms with van der Waals surface area (Å²) < 4.78 is 11.0. The lowest BCUT2D eigenvalue weighted by molar-refractivity contribution is 0.114. The van der Waals surface area contributed by atoms with E-state index in [1.54, 1.807) is 0 Å². The van der Waals surface area contributed by atoms with Crippen LogP contribution in [0.5, 0.6) is 0 Å². The monoisotopic (exact) mass is 368 g/mol. The molecule has 0 unspecified atom stereocenters. The number of amides is 1. The number of oxime groups is 1. The van der Waals surface area contributed by atoms with Gasteiger partial charge in [0.1, 0.15) is 19.3 Å². The van der Waals surface area contributed by atoms with Crippen LogP contribution in [-0.2, 0) is 27.5 Å². The predicted molar refractivity (Wildman–Crippen MR) is 102 cm³/mol. The standard InChI is InChI=1S/C21H24N2O4/c24-21(26-15-17-9-3-1-4-10-17)22-19-13-7-8-14-25-20(19)23-27-16-18-11-5-2-6-12-18/h1-6,9-12,19H,7-8,13-16H2,(H,22,24)/b23-20-/t19-/m0/s1. The number of nitrogens with zero attached hydrogens (tertiary/aromatic N) is 1. The van der Waals surface area contributed by atoms with Gasteiger partial charge in [-0.15, -0.1) is 0 Å². The van der Waals surface area contributed by atoms with Gasteiger partial charge in [-0.1, -0.05) is 60.7 Å². The Morgan fingerprint density at radius 3 is 2.37 bits per heavy atom. The molecular weight excluding hydrogens is 344 g/mol. The average molecular weight is 368 g/mol. The molecule has 0 spiro atoms. The van der Waals surface area contributed by atoms with Crippen molar-refractivity contribution in [3.05, 3.63) is 71.8 Å². The number of benzene rings is 2. The summed E-state index contributed by atoms with van der Waals surface area (Å²) in [6, 6.07) is 19.0. The first kappa shape index (κ1) is 18.8. The summed E-state index contributed by atoms with van der Waals surface area (Å²) in [5.74, 6) is 0.389. The summed E-state index contributed by atoms with van der Waals surface area (Å²) >= 11 is 0. The third-order valence-corrected chi connectivity index (χ3v) is 4.17. The molecule has 1 aliphatic heterocycles. The molecule has 0 saturated carbocycles. The molecule has 1 fully saturated rings. The molecule has 1 amide bonds. The van der Waals surface area contributed by atoms with Crippen LogP contribution >= 0.6 is 0 Å². The van der Waals surface area contributed by atoms with Crippen LogP contribution in [0.1, 0.15) is 30.4 Å². The van der Waals surface area contributed by atoms with Crippen LogP contribution in [0, 0.1) is 0 Å². The number of carbonyl (C=O) groups excluding carboxylic acids is 1. The van der Waals surface area contributed by atoms with E-state index >= 15 is 0 Å². The smallest absolute Gasteiger partial charge is 0.408 e. The number of hydrogen-bond donors (Lipinski definition) is 1. The van der Waals surface area contributed by atoms with Crippen LogP contribution in [0.2, 0.25) is 0 Å². The zero-order valence-corrected chi connectivity index (χ0v) is 15.2. The lowest BCUT2D eigenvalue weighted by atomic mass is 10.1. The molecule has 0 bridgehead atoms. The molecule has 1 heterocycles. The Kier molecular flexibility index (Phi) is 7.09. The molecule has 27 heavy (non-hydrogen) atoms. The molecule has 2 aromatic carbocycles. The summed E-state index contributed by atoms with van der Waals surface area (Å²) in [7, 11) is 0. The van der Waals surface area contributed by atoms with Gasteiger partial charge < -0.3 is 19.6 Å². The lowest BCUT2D eigenvalue weighted by Crippen LogP contribution is -2.41. The quantitative estimate of drug-likeness (QED) is 0.782. The van der Waals surface area contributed by atoms with E-state index in [1.807, 2.05) is 60.7 Å². The second kappa shape index (κ2) is 10.2. The minimum Gasteiger partial charge on any atom is -0.477 e. The lowest BCUT2D eigenvalue weighted by Gasteiger charge is -2.17. The van der Waals surface area contributed by atoms with Gasteiger partial charge in [-0.2, -0.15) is 0 Å². The normalized spacial score (nSPS) is 18.2. The Morgan fingerprint density at radius 1 is 1.00 bits per heavy atom. The molecular formula is C21H24N2O4. The fourth-order valence-corrected chi connectivity index (χ4v) is 2.73. The van der Waals surface area contributed by atoms with Crippen LogP contribution in [-0.4, -0.2) is 24.6 Å². The highest BCUT2D eigenvalue weighted by Gasteiger charge is 2.24. The zero-order chi connectivity index (χ0) is 18.7. The minimum absolute atomic E-state index is 0.219. The first-order valence-corrected chi connectivity index (χ1v) is 9.15. The number of rotatable bonds is 6. The molecule has 1 aliphatic rings. The van der Waals surface area contributed by atoms with Gasteiger partial charge >= 0.3 is 6.09 Å². The van der Waals surface area contributed by atoms with E-state index in [1.165, 1.54) is 0 Å². The van der Waals surface area contributed by atoms with Crippen LogP contribution in [0.4, 0.5) is 4.79 Å². The fourth-order valence-electron chi connectivity index (χ4n) is 2.73. The molecule has 0 radical (unpaired) electrons. The van der Waals surface area contributed by atoms with Gasteiger partial charge in [0.25, 0.3) is 0 Å². The van der Waals surface area contributed by atoms with E-state index in [2.05, 4.69) is 10.5 Å². The average Bonchev–Trinajstić information content (AvgIpc) is 2.93. The second-order valence-corrected chi connectivity index (χ2v) is 6.29. The van der Waals surface area contributed by atoms with Gasteiger partial charge in [-0.25, -0.2) is 4.79 Å². The van der Waals surface area contributed by atoms with E-state index in [9.17, 15) is 4.79 Å². The summed E-state index contributed by atoms with van der Waals surface area (Å²) in [5, 5.41) is 6.95. The third kappa shape index (κ3) is 6.33. The molecule has 1 N–H and O–H groups in total. The highest BCUT2D eigenvalue weighted by atomic mass is 16.6. The Morgan fingerprint density at radius 2 is 1.67 bits per heavy atom. The van der Waals surface area contributed by atoms with E-state index < -0.39 is 6.09 Å². The molecule has 1 atom stereocenters. The number of nitrogens with one attached hydrogen (secondary N) is 1. The minimum atomic E-state index is -0.495. The zero-order valence-electron chi connectivity index (χ0n) is 15.2. The maximum atomic E-state index is 12.2. The van der Waals surface area contributed by atoms with Crippen LogP contribution in [0.25, 0.3) is 0 Å². The summed E-state index contributed by atoms with van der Waals surface area (Å²) in [5.41, 5.74) is 1.95. The molecule has 0 aliphatic carbocycles. The van der Waals surface area contributed by atoms with Crippen molar-refractivity contribution in [2.45, 2.75) is 38.5 Å². The van der Waals surface area contributed by atoms with Crippen molar-refractivity contribution in [2.75, 3.05) is 6.61 Å². The first-order valence-electron chi connectivity index (χ1n) is 9.15. The number of hydrogen-bond acceptors (Lipinski definition) is 5. The molecule has 2 aromatic rings. The molecule has 1 saturated heterocycles.